The van der Waals surface area contributed by atoms with Crippen molar-refractivity contribution in [1.82, 2.24) is 4.98 Å². The first-order valence-electron chi connectivity index (χ1n) is 5.04. The molecule has 0 aliphatic heterocycles. The molecule has 1 aromatic heterocycles. The summed E-state index contributed by atoms with van der Waals surface area (Å²) < 4.78 is 0. The molecule has 4 heteroatoms. The van der Waals surface area contributed by atoms with Crippen LogP contribution in [-0.4, -0.2) is 45.6 Å². The van der Waals surface area contributed by atoms with E-state index < -0.39 is 5.97 Å². The third-order valence-corrected chi connectivity index (χ3v) is 2.51. The van der Waals surface area contributed by atoms with Crippen molar-refractivity contribution in [2.45, 2.75) is 19.3 Å². The van der Waals surface area contributed by atoms with Gasteiger partial charge in [0.15, 0.2) is 0 Å². The summed E-state index contributed by atoms with van der Waals surface area (Å²) in [7, 11) is 0. The van der Waals surface area contributed by atoms with Gasteiger partial charge in [-0.2, -0.15) is 0 Å². The maximum atomic E-state index is 10.4. The first-order valence-corrected chi connectivity index (χ1v) is 5.04. The summed E-state index contributed by atoms with van der Waals surface area (Å²) in [4.78, 5) is 13.6. The molecule has 0 aliphatic carbocycles. The Morgan fingerprint density at radius 2 is 2.06 bits per heavy atom. The van der Waals surface area contributed by atoms with Crippen molar-refractivity contribution in [3.63, 3.8) is 0 Å². The van der Waals surface area contributed by atoms with Gasteiger partial charge in [-0.25, -0.2) is 0 Å². The van der Waals surface area contributed by atoms with Crippen molar-refractivity contribution in [3.8, 4) is 0 Å². The van der Waals surface area contributed by atoms with Gasteiger partial charge < -0.3 is 10.1 Å². The first-order chi connectivity index (χ1) is 7.27. The summed E-state index contributed by atoms with van der Waals surface area (Å²) >= 11 is 0. The van der Waals surface area contributed by atoms with Crippen molar-refractivity contribution >= 4 is 46.4 Å². The second kappa shape index (κ2) is 6.09. The molecule has 0 amide bonds. The zero-order chi connectivity index (χ0) is 10.7. The SMILES string of the molecule is O=C(O)CCCc1c[nH]c2ccccc12.[NaH]. The predicted molar refractivity (Wildman–Crippen MR) is 66.0 cm³/mol. The minimum atomic E-state index is -0.727. The fraction of sp³-hybridized carbons (Fsp3) is 0.250. The van der Waals surface area contributed by atoms with Crippen LogP contribution in [0.3, 0.4) is 0 Å². The van der Waals surface area contributed by atoms with Gasteiger partial charge in [0.05, 0.1) is 0 Å². The topological polar surface area (TPSA) is 53.1 Å². The van der Waals surface area contributed by atoms with E-state index in [2.05, 4.69) is 11.1 Å². The van der Waals surface area contributed by atoms with Gasteiger partial charge in [0.25, 0.3) is 0 Å². The fourth-order valence-electron chi connectivity index (χ4n) is 1.77. The molecule has 0 spiro atoms. The van der Waals surface area contributed by atoms with Gasteiger partial charge >= 0.3 is 35.5 Å². The number of para-hydroxylation sites is 1. The van der Waals surface area contributed by atoms with Crippen LogP contribution in [0.2, 0.25) is 0 Å². The van der Waals surface area contributed by atoms with E-state index in [1.807, 2.05) is 24.4 Å². The van der Waals surface area contributed by atoms with E-state index in [1.54, 1.807) is 0 Å². The Balaban J connectivity index is 0.00000128. The Hall–Kier alpha value is -0.770. The van der Waals surface area contributed by atoms with E-state index in [9.17, 15) is 4.79 Å². The van der Waals surface area contributed by atoms with E-state index in [0.29, 0.717) is 6.42 Å². The van der Waals surface area contributed by atoms with Gasteiger partial charge in [0, 0.05) is 23.5 Å². The molecule has 2 rings (SSSR count). The minimum absolute atomic E-state index is 0. The average molecular weight is 227 g/mol. The molecule has 0 bridgehead atoms. The van der Waals surface area contributed by atoms with Crippen LogP contribution in [0.15, 0.2) is 30.5 Å². The van der Waals surface area contributed by atoms with Crippen LogP contribution in [0.4, 0.5) is 0 Å². The monoisotopic (exact) mass is 227 g/mol. The normalized spacial score (nSPS) is 10.0. The number of aromatic nitrogens is 1. The summed E-state index contributed by atoms with van der Waals surface area (Å²) in [5.41, 5.74) is 2.31. The molecule has 3 nitrogen and oxygen atoms in total. The molecule has 0 atom stereocenters. The van der Waals surface area contributed by atoms with Gasteiger partial charge in [-0.3, -0.25) is 4.79 Å². The van der Waals surface area contributed by atoms with Crippen LogP contribution in [0, 0.1) is 0 Å². The van der Waals surface area contributed by atoms with Crippen LogP contribution in [0.25, 0.3) is 10.9 Å². The third kappa shape index (κ3) is 3.11. The number of carboxylic acids is 1. The molecular formula is C12H14NNaO2. The second-order valence-electron chi connectivity index (χ2n) is 3.61. The number of hydrogen-bond donors (Lipinski definition) is 2. The number of H-pyrrole nitrogens is 1. The van der Waals surface area contributed by atoms with E-state index in [4.69, 9.17) is 5.11 Å². The molecule has 0 unspecified atom stereocenters. The van der Waals surface area contributed by atoms with E-state index in [1.165, 1.54) is 10.9 Å². The van der Waals surface area contributed by atoms with Crippen molar-refractivity contribution < 1.29 is 9.90 Å². The van der Waals surface area contributed by atoms with Crippen molar-refractivity contribution in [2.75, 3.05) is 0 Å². The molecule has 0 saturated heterocycles. The molecule has 1 heterocycles. The molecule has 0 saturated carbocycles. The molecule has 0 radical (unpaired) electrons. The quantitative estimate of drug-likeness (QED) is 0.784. The number of benzene rings is 1. The Kier molecular flexibility index (Phi) is 5.06. The number of carbonyl (C=O) groups is 1. The first kappa shape index (κ1) is 13.3. The zero-order valence-corrected chi connectivity index (χ0v) is 8.36. The summed E-state index contributed by atoms with van der Waals surface area (Å²) in [6.45, 7) is 0. The second-order valence-corrected chi connectivity index (χ2v) is 3.61. The summed E-state index contributed by atoms with van der Waals surface area (Å²) in [5.74, 6) is -0.727. The van der Waals surface area contributed by atoms with Crippen molar-refractivity contribution in [1.29, 1.82) is 0 Å². The summed E-state index contributed by atoms with van der Waals surface area (Å²) in [6.07, 6.45) is 3.71. The van der Waals surface area contributed by atoms with Crippen LogP contribution in [0.5, 0.6) is 0 Å². The number of fused-ring (bicyclic) bond motifs is 1. The van der Waals surface area contributed by atoms with Gasteiger partial charge in [-0.05, 0) is 24.5 Å². The Morgan fingerprint density at radius 1 is 1.31 bits per heavy atom. The molecule has 2 N–H and O–H groups in total. The van der Waals surface area contributed by atoms with Crippen LogP contribution < -0.4 is 0 Å². The number of aliphatic carboxylic acids is 1. The van der Waals surface area contributed by atoms with E-state index in [0.717, 1.165) is 11.9 Å². The Morgan fingerprint density at radius 3 is 2.81 bits per heavy atom. The molecule has 16 heavy (non-hydrogen) atoms. The van der Waals surface area contributed by atoms with Crippen LogP contribution in [-0.2, 0) is 11.2 Å². The predicted octanol–water partition coefficient (Wildman–Crippen LogP) is 1.93. The third-order valence-electron chi connectivity index (χ3n) is 2.51. The Bertz CT molecular complexity index is 479. The zero-order valence-electron chi connectivity index (χ0n) is 8.36. The number of carboxylic acid groups (broad SMARTS) is 1. The van der Waals surface area contributed by atoms with Gasteiger partial charge in [-0.1, -0.05) is 18.2 Å². The molecule has 2 aromatic rings. The summed E-state index contributed by atoms with van der Waals surface area (Å²) in [6, 6.07) is 8.06. The standard InChI is InChI=1S/C12H13NO2.Na.H/c14-12(15)7-3-4-9-8-13-11-6-2-1-5-10(9)11;;/h1-2,5-6,8,13H,3-4,7H2,(H,14,15);;. The van der Waals surface area contributed by atoms with Gasteiger partial charge in [-0.15, -0.1) is 0 Å². The molecule has 0 aliphatic rings. The summed E-state index contributed by atoms with van der Waals surface area (Å²) in [5, 5.41) is 9.74. The van der Waals surface area contributed by atoms with Crippen LogP contribution in [0.1, 0.15) is 18.4 Å². The molecule has 0 fully saturated rings. The maximum absolute atomic E-state index is 10.4. The van der Waals surface area contributed by atoms with E-state index >= 15 is 0 Å². The number of rotatable bonds is 4. The molecule has 80 valence electrons. The molecular weight excluding hydrogens is 213 g/mol. The van der Waals surface area contributed by atoms with Gasteiger partial charge in [0.2, 0.25) is 0 Å². The van der Waals surface area contributed by atoms with Crippen molar-refractivity contribution in [3.05, 3.63) is 36.0 Å². The molecule has 1 aromatic carbocycles. The van der Waals surface area contributed by atoms with Crippen molar-refractivity contribution in [2.24, 2.45) is 0 Å². The Labute approximate surface area is 116 Å². The average Bonchev–Trinajstić information content (AvgIpc) is 2.62. The van der Waals surface area contributed by atoms with Gasteiger partial charge in [0.1, 0.15) is 0 Å². The van der Waals surface area contributed by atoms with Crippen LogP contribution >= 0.6 is 0 Å². The van der Waals surface area contributed by atoms with E-state index in [-0.39, 0.29) is 36.0 Å². The number of aryl methyl sites for hydroxylation is 1. The number of hydrogen-bond acceptors (Lipinski definition) is 1. The number of aromatic amines is 1. The number of nitrogens with one attached hydrogen (secondary N) is 1. The fourth-order valence-corrected chi connectivity index (χ4v) is 1.77.